The molecule has 3 rings (SSSR count). The summed E-state index contributed by atoms with van der Waals surface area (Å²) in [6, 6.07) is 10.1. The number of halogens is 1. The molecule has 5 heteroatoms. The first kappa shape index (κ1) is 17.7. The second kappa shape index (κ2) is 8.30. The molecule has 0 spiro atoms. The zero-order valence-corrected chi connectivity index (χ0v) is 14.7. The van der Waals surface area contributed by atoms with Crippen molar-refractivity contribution in [3.8, 4) is 11.3 Å². The third kappa shape index (κ3) is 4.69. The molecule has 1 aromatic carbocycles. The third-order valence-electron chi connectivity index (χ3n) is 4.76. The number of nitrogens with zero attached hydrogens (tertiary/aromatic N) is 2. The van der Waals surface area contributed by atoms with Gasteiger partial charge in [0, 0.05) is 33.0 Å². The quantitative estimate of drug-likeness (QED) is 0.770. The fourth-order valence-corrected chi connectivity index (χ4v) is 3.16. The number of amides is 1. The van der Waals surface area contributed by atoms with Gasteiger partial charge in [-0.15, -0.1) is 0 Å². The Morgan fingerprint density at radius 2 is 1.96 bits per heavy atom. The minimum Gasteiger partial charge on any atom is -0.461 e. The van der Waals surface area contributed by atoms with Gasteiger partial charge in [0.15, 0.2) is 0 Å². The molecule has 0 unspecified atom stereocenters. The van der Waals surface area contributed by atoms with Gasteiger partial charge in [-0.3, -0.25) is 4.79 Å². The summed E-state index contributed by atoms with van der Waals surface area (Å²) >= 11 is 0. The van der Waals surface area contributed by atoms with E-state index in [1.807, 2.05) is 13.1 Å². The van der Waals surface area contributed by atoms with Crippen molar-refractivity contribution in [3.05, 3.63) is 48.0 Å². The maximum atomic E-state index is 13.8. The topological polar surface area (TPSA) is 36.7 Å². The first-order chi connectivity index (χ1) is 12.1. The average Bonchev–Trinajstić information content (AvgIpc) is 3.29. The second-order valence-electron chi connectivity index (χ2n) is 6.61. The molecule has 1 amide bonds. The highest BCUT2D eigenvalue weighted by molar-refractivity contribution is 5.76. The molecule has 134 valence electrons. The number of carbonyl (C=O) groups is 1. The van der Waals surface area contributed by atoms with E-state index in [4.69, 9.17) is 4.42 Å². The first-order valence-corrected chi connectivity index (χ1v) is 8.93. The van der Waals surface area contributed by atoms with Crippen LogP contribution in [0, 0.1) is 5.82 Å². The lowest BCUT2D eigenvalue weighted by molar-refractivity contribution is -0.130. The summed E-state index contributed by atoms with van der Waals surface area (Å²) in [6.07, 6.45) is 3.46. The maximum absolute atomic E-state index is 13.8. The molecule has 2 aromatic rings. The number of carbonyl (C=O) groups excluding carboxylic acids is 1. The van der Waals surface area contributed by atoms with E-state index in [9.17, 15) is 9.18 Å². The molecule has 2 heterocycles. The highest BCUT2D eigenvalue weighted by Gasteiger charge is 2.15. The molecule has 1 aromatic heterocycles. The van der Waals surface area contributed by atoms with Crippen molar-refractivity contribution in [2.75, 3.05) is 33.2 Å². The third-order valence-corrected chi connectivity index (χ3v) is 4.76. The van der Waals surface area contributed by atoms with Gasteiger partial charge in [-0.1, -0.05) is 12.1 Å². The number of likely N-dealkylation sites (tertiary alicyclic amines) is 1. The van der Waals surface area contributed by atoms with Crippen LogP contribution < -0.4 is 0 Å². The van der Waals surface area contributed by atoms with Crippen molar-refractivity contribution >= 4 is 5.91 Å². The first-order valence-electron chi connectivity index (χ1n) is 8.93. The van der Waals surface area contributed by atoms with Crippen LogP contribution >= 0.6 is 0 Å². The lowest BCUT2D eigenvalue weighted by Crippen LogP contribution is -2.35. The molecule has 1 saturated heterocycles. The number of hydrogen-bond donors (Lipinski definition) is 0. The van der Waals surface area contributed by atoms with E-state index in [0.29, 0.717) is 29.9 Å². The van der Waals surface area contributed by atoms with Crippen LogP contribution in [0.5, 0.6) is 0 Å². The smallest absolute Gasteiger partial charge is 0.222 e. The van der Waals surface area contributed by atoms with Crippen LogP contribution in [0.1, 0.15) is 25.0 Å². The Morgan fingerprint density at radius 1 is 1.20 bits per heavy atom. The van der Waals surface area contributed by atoms with Gasteiger partial charge >= 0.3 is 0 Å². The molecule has 25 heavy (non-hydrogen) atoms. The summed E-state index contributed by atoms with van der Waals surface area (Å²) in [5, 5.41) is 0. The van der Waals surface area contributed by atoms with Crippen LogP contribution in [-0.4, -0.2) is 48.9 Å². The SMILES string of the molecule is CN(CCN1CCCC1)C(=O)CCc1ccc(-c2ccccc2F)o1. The molecule has 0 radical (unpaired) electrons. The lowest BCUT2D eigenvalue weighted by atomic mass is 10.1. The van der Waals surface area contributed by atoms with Gasteiger partial charge < -0.3 is 14.2 Å². The normalized spacial score (nSPS) is 14.8. The Hall–Kier alpha value is -2.14. The molecule has 1 aliphatic rings. The van der Waals surface area contributed by atoms with Crippen molar-refractivity contribution in [2.24, 2.45) is 0 Å². The predicted octanol–water partition coefficient (Wildman–Crippen LogP) is 3.57. The Morgan fingerprint density at radius 3 is 2.72 bits per heavy atom. The standard InChI is InChI=1S/C20H25FN2O2/c1-22(14-15-23-12-4-5-13-23)20(24)11-9-16-8-10-19(25-16)17-6-2-3-7-18(17)21/h2-3,6-8,10H,4-5,9,11-15H2,1H3. The number of hydrogen-bond acceptors (Lipinski definition) is 3. The molecular weight excluding hydrogens is 319 g/mol. The maximum Gasteiger partial charge on any atom is 0.222 e. The van der Waals surface area contributed by atoms with Gasteiger partial charge in [0.2, 0.25) is 5.91 Å². The highest BCUT2D eigenvalue weighted by Crippen LogP contribution is 2.25. The van der Waals surface area contributed by atoms with Crippen LogP contribution in [0.2, 0.25) is 0 Å². The van der Waals surface area contributed by atoms with Gasteiger partial charge in [-0.2, -0.15) is 0 Å². The van der Waals surface area contributed by atoms with E-state index in [1.165, 1.54) is 18.9 Å². The lowest BCUT2D eigenvalue weighted by Gasteiger charge is -2.21. The van der Waals surface area contributed by atoms with Crippen molar-refractivity contribution in [3.63, 3.8) is 0 Å². The number of likely N-dealkylation sites (N-methyl/N-ethyl adjacent to an activating group) is 1. The molecule has 0 aliphatic carbocycles. The molecule has 1 aliphatic heterocycles. The monoisotopic (exact) mass is 344 g/mol. The zero-order valence-electron chi connectivity index (χ0n) is 14.7. The number of furan rings is 1. The fraction of sp³-hybridized carbons (Fsp3) is 0.450. The number of rotatable bonds is 7. The minimum absolute atomic E-state index is 0.114. The highest BCUT2D eigenvalue weighted by atomic mass is 19.1. The van der Waals surface area contributed by atoms with Crippen molar-refractivity contribution in [2.45, 2.75) is 25.7 Å². The molecule has 0 N–H and O–H groups in total. The molecule has 0 atom stereocenters. The molecular formula is C20H25FN2O2. The van der Waals surface area contributed by atoms with E-state index in [1.54, 1.807) is 29.2 Å². The van der Waals surface area contributed by atoms with E-state index in [0.717, 1.165) is 26.2 Å². The summed E-state index contributed by atoms with van der Waals surface area (Å²) in [6.45, 7) is 4.00. The largest absolute Gasteiger partial charge is 0.461 e. The van der Waals surface area contributed by atoms with Crippen molar-refractivity contribution in [1.29, 1.82) is 0 Å². The Labute approximate surface area is 148 Å². The average molecular weight is 344 g/mol. The summed E-state index contributed by atoms with van der Waals surface area (Å²) in [7, 11) is 1.85. The minimum atomic E-state index is -0.305. The van der Waals surface area contributed by atoms with E-state index < -0.39 is 0 Å². The molecule has 4 nitrogen and oxygen atoms in total. The van der Waals surface area contributed by atoms with Crippen LogP contribution in [0.4, 0.5) is 4.39 Å². The van der Waals surface area contributed by atoms with Crippen LogP contribution in [0.25, 0.3) is 11.3 Å². The van der Waals surface area contributed by atoms with E-state index in [-0.39, 0.29) is 11.7 Å². The Bertz CT molecular complexity index is 707. The summed E-state index contributed by atoms with van der Waals surface area (Å²) in [5.74, 6) is 1.02. The van der Waals surface area contributed by atoms with Gasteiger partial charge in [-0.05, 0) is 50.2 Å². The molecule has 1 fully saturated rings. The molecule has 0 bridgehead atoms. The summed E-state index contributed by atoms with van der Waals surface area (Å²) in [5.41, 5.74) is 0.447. The van der Waals surface area contributed by atoms with Crippen molar-refractivity contribution < 1.29 is 13.6 Å². The fourth-order valence-electron chi connectivity index (χ4n) is 3.16. The Balaban J connectivity index is 1.48. The summed E-state index contributed by atoms with van der Waals surface area (Å²) < 4.78 is 19.5. The van der Waals surface area contributed by atoms with Crippen LogP contribution in [0.3, 0.4) is 0 Å². The zero-order chi connectivity index (χ0) is 17.6. The van der Waals surface area contributed by atoms with Gasteiger partial charge in [0.1, 0.15) is 17.3 Å². The van der Waals surface area contributed by atoms with E-state index in [2.05, 4.69) is 4.90 Å². The van der Waals surface area contributed by atoms with Gasteiger partial charge in [0.25, 0.3) is 0 Å². The number of benzene rings is 1. The van der Waals surface area contributed by atoms with Gasteiger partial charge in [0.05, 0.1) is 5.56 Å². The van der Waals surface area contributed by atoms with E-state index >= 15 is 0 Å². The molecule has 0 saturated carbocycles. The predicted molar refractivity (Wildman–Crippen MR) is 95.7 cm³/mol. The Kier molecular flexibility index (Phi) is 5.87. The van der Waals surface area contributed by atoms with Crippen LogP contribution in [0.15, 0.2) is 40.8 Å². The second-order valence-corrected chi connectivity index (χ2v) is 6.61. The van der Waals surface area contributed by atoms with Gasteiger partial charge in [-0.25, -0.2) is 4.39 Å². The summed E-state index contributed by atoms with van der Waals surface area (Å²) in [4.78, 5) is 16.4. The van der Waals surface area contributed by atoms with Crippen LogP contribution in [-0.2, 0) is 11.2 Å². The van der Waals surface area contributed by atoms with Crippen molar-refractivity contribution in [1.82, 2.24) is 9.80 Å². The number of aryl methyl sites for hydroxylation is 1.